The third kappa shape index (κ3) is 2.20. The molecular formula is C12H20N4O. The van der Waals surface area contributed by atoms with Gasteiger partial charge >= 0.3 is 0 Å². The van der Waals surface area contributed by atoms with Crippen LogP contribution < -0.4 is 10.6 Å². The lowest BCUT2D eigenvalue weighted by Gasteiger charge is -2.24. The maximum Gasteiger partial charge on any atom is 0.255 e. The van der Waals surface area contributed by atoms with Gasteiger partial charge in [0.05, 0.1) is 16.8 Å². The van der Waals surface area contributed by atoms with E-state index in [0.29, 0.717) is 5.56 Å². The Morgan fingerprint density at radius 1 is 1.53 bits per heavy atom. The summed E-state index contributed by atoms with van der Waals surface area (Å²) in [5.41, 5.74) is 2.28. The van der Waals surface area contributed by atoms with Crippen LogP contribution in [-0.4, -0.2) is 34.3 Å². The van der Waals surface area contributed by atoms with Crippen molar-refractivity contribution in [2.45, 2.75) is 32.7 Å². The standard InChI is InChI=1S/C12H20N4O/c1-8-10(9(2)16(4)15-8)11(17)14-12(3)5-6-13-7-12/h13H,5-7H2,1-4H3,(H,14,17). The number of amides is 1. The van der Waals surface area contributed by atoms with Crippen molar-refractivity contribution in [3.05, 3.63) is 17.0 Å². The Morgan fingerprint density at radius 3 is 2.71 bits per heavy atom. The number of aryl methyl sites for hydroxylation is 2. The molecule has 1 aliphatic heterocycles. The fraction of sp³-hybridized carbons (Fsp3) is 0.667. The summed E-state index contributed by atoms with van der Waals surface area (Å²) in [5.74, 6) is -0.0145. The summed E-state index contributed by atoms with van der Waals surface area (Å²) >= 11 is 0. The van der Waals surface area contributed by atoms with Crippen molar-refractivity contribution in [3.8, 4) is 0 Å². The molecule has 2 heterocycles. The molecule has 0 radical (unpaired) electrons. The van der Waals surface area contributed by atoms with Crippen LogP contribution in [0.4, 0.5) is 0 Å². The van der Waals surface area contributed by atoms with Gasteiger partial charge in [-0.1, -0.05) is 0 Å². The second kappa shape index (κ2) is 4.14. The summed E-state index contributed by atoms with van der Waals surface area (Å²) in [6.45, 7) is 7.66. The van der Waals surface area contributed by atoms with E-state index in [2.05, 4.69) is 22.7 Å². The highest BCUT2D eigenvalue weighted by Crippen LogP contribution is 2.17. The summed E-state index contributed by atoms with van der Waals surface area (Å²) in [6, 6.07) is 0. The first-order chi connectivity index (χ1) is 7.93. The van der Waals surface area contributed by atoms with Crippen LogP contribution in [0, 0.1) is 13.8 Å². The molecule has 2 rings (SSSR count). The zero-order chi connectivity index (χ0) is 12.6. The molecule has 1 amide bonds. The molecule has 0 bridgehead atoms. The van der Waals surface area contributed by atoms with Gasteiger partial charge in [-0.2, -0.15) is 5.10 Å². The van der Waals surface area contributed by atoms with Gasteiger partial charge in [-0.15, -0.1) is 0 Å². The molecule has 1 unspecified atom stereocenters. The summed E-state index contributed by atoms with van der Waals surface area (Å²) in [4.78, 5) is 12.3. The minimum atomic E-state index is -0.133. The van der Waals surface area contributed by atoms with Crippen molar-refractivity contribution in [2.24, 2.45) is 7.05 Å². The summed E-state index contributed by atoms with van der Waals surface area (Å²) in [5, 5.41) is 10.6. The van der Waals surface area contributed by atoms with Gasteiger partial charge in [-0.3, -0.25) is 9.48 Å². The lowest BCUT2D eigenvalue weighted by molar-refractivity contribution is 0.0911. The van der Waals surface area contributed by atoms with Crippen molar-refractivity contribution >= 4 is 5.91 Å². The third-order valence-electron chi connectivity index (χ3n) is 3.52. The predicted octanol–water partition coefficient (Wildman–Crippen LogP) is 0.519. The molecule has 17 heavy (non-hydrogen) atoms. The number of rotatable bonds is 2. The Balaban J connectivity index is 2.20. The number of aromatic nitrogens is 2. The van der Waals surface area contributed by atoms with Crippen LogP contribution >= 0.6 is 0 Å². The van der Waals surface area contributed by atoms with Crippen molar-refractivity contribution in [3.63, 3.8) is 0 Å². The Morgan fingerprint density at radius 2 is 2.24 bits per heavy atom. The van der Waals surface area contributed by atoms with E-state index in [4.69, 9.17) is 0 Å². The van der Waals surface area contributed by atoms with E-state index in [1.165, 1.54) is 0 Å². The first-order valence-electron chi connectivity index (χ1n) is 5.96. The van der Waals surface area contributed by atoms with Crippen LogP contribution in [0.2, 0.25) is 0 Å². The minimum Gasteiger partial charge on any atom is -0.345 e. The zero-order valence-electron chi connectivity index (χ0n) is 10.9. The molecule has 0 saturated carbocycles. The quantitative estimate of drug-likeness (QED) is 0.787. The maximum absolute atomic E-state index is 12.3. The predicted molar refractivity (Wildman–Crippen MR) is 66.0 cm³/mol. The van der Waals surface area contributed by atoms with E-state index in [1.54, 1.807) is 4.68 Å². The van der Waals surface area contributed by atoms with Crippen molar-refractivity contribution in [1.82, 2.24) is 20.4 Å². The molecular weight excluding hydrogens is 216 g/mol. The number of nitrogens with one attached hydrogen (secondary N) is 2. The van der Waals surface area contributed by atoms with Crippen LogP contribution in [0.3, 0.4) is 0 Å². The number of nitrogens with zero attached hydrogens (tertiary/aromatic N) is 2. The Hall–Kier alpha value is -1.36. The van der Waals surface area contributed by atoms with Gasteiger partial charge in [0.25, 0.3) is 5.91 Å². The van der Waals surface area contributed by atoms with Gasteiger partial charge < -0.3 is 10.6 Å². The van der Waals surface area contributed by atoms with E-state index in [-0.39, 0.29) is 11.4 Å². The van der Waals surface area contributed by atoms with Crippen LogP contribution in [0.15, 0.2) is 0 Å². The largest absolute Gasteiger partial charge is 0.345 e. The molecule has 94 valence electrons. The molecule has 5 nitrogen and oxygen atoms in total. The van der Waals surface area contributed by atoms with Crippen molar-refractivity contribution < 1.29 is 4.79 Å². The second-order valence-corrected chi connectivity index (χ2v) is 5.11. The van der Waals surface area contributed by atoms with Crippen LogP contribution in [0.1, 0.15) is 35.1 Å². The highest BCUT2D eigenvalue weighted by Gasteiger charge is 2.31. The molecule has 0 spiro atoms. The van der Waals surface area contributed by atoms with E-state index in [0.717, 1.165) is 30.9 Å². The highest BCUT2D eigenvalue weighted by molar-refractivity contribution is 5.96. The van der Waals surface area contributed by atoms with E-state index >= 15 is 0 Å². The molecule has 1 atom stereocenters. The molecule has 0 aliphatic carbocycles. The molecule has 1 fully saturated rings. The van der Waals surface area contributed by atoms with Crippen LogP contribution in [0.5, 0.6) is 0 Å². The molecule has 1 aliphatic rings. The average molecular weight is 236 g/mol. The van der Waals surface area contributed by atoms with E-state index < -0.39 is 0 Å². The third-order valence-corrected chi connectivity index (χ3v) is 3.52. The van der Waals surface area contributed by atoms with Crippen molar-refractivity contribution in [1.29, 1.82) is 0 Å². The molecule has 1 aromatic heterocycles. The van der Waals surface area contributed by atoms with Gasteiger partial charge in [0.15, 0.2) is 0 Å². The Labute approximate surface area is 102 Å². The monoisotopic (exact) mass is 236 g/mol. The summed E-state index contributed by atoms with van der Waals surface area (Å²) in [6.07, 6.45) is 0.969. The normalized spacial score (nSPS) is 24.0. The van der Waals surface area contributed by atoms with Crippen LogP contribution in [0.25, 0.3) is 0 Å². The number of carbonyl (C=O) groups excluding carboxylic acids is 1. The first kappa shape index (κ1) is 12.1. The topological polar surface area (TPSA) is 59.0 Å². The molecule has 5 heteroatoms. The maximum atomic E-state index is 12.3. The molecule has 0 aromatic carbocycles. The number of hydrogen-bond acceptors (Lipinski definition) is 3. The van der Waals surface area contributed by atoms with Gasteiger partial charge in [0.2, 0.25) is 0 Å². The number of carbonyl (C=O) groups is 1. The lowest BCUT2D eigenvalue weighted by Crippen LogP contribution is -2.47. The summed E-state index contributed by atoms with van der Waals surface area (Å²) in [7, 11) is 1.86. The number of hydrogen-bond donors (Lipinski definition) is 2. The average Bonchev–Trinajstić information content (AvgIpc) is 2.73. The first-order valence-corrected chi connectivity index (χ1v) is 5.96. The highest BCUT2D eigenvalue weighted by atomic mass is 16.1. The van der Waals surface area contributed by atoms with Gasteiger partial charge in [0.1, 0.15) is 0 Å². The molecule has 2 N–H and O–H groups in total. The zero-order valence-corrected chi connectivity index (χ0v) is 10.9. The summed E-state index contributed by atoms with van der Waals surface area (Å²) < 4.78 is 1.75. The van der Waals surface area contributed by atoms with Crippen molar-refractivity contribution in [2.75, 3.05) is 13.1 Å². The fourth-order valence-electron chi connectivity index (χ4n) is 2.36. The minimum absolute atomic E-state index is 0.0145. The molecule has 1 saturated heterocycles. The molecule has 1 aromatic rings. The Kier molecular flexibility index (Phi) is 2.95. The Bertz CT molecular complexity index is 444. The van der Waals surface area contributed by atoms with Crippen LogP contribution in [-0.2, 0) is 7.05 Å². The van der Waals surface area contributed by atoms with E-state index in [1.807, 2.05) is 20.9 Å². The van der Waals surface area contributed by atoms with E-state index in [9.17, 15) is 4.79 Å². The van der Waals surface area contributed by atoms with Gasteiger partial charge in [-0.05, 0) is 33.7 Å². The smallest absolute Gasteiger partial charge is 0.255 e. The second-order valence-electron chi connectivity index (χ2n) is 5.11. The lowest BCUT2D eigenvalue weighted by atomic mass is 10.0. The van der Waals surface area contributed by atoms with Gasteiger partial charge in [0, 0.05) is 19.3 Å². The van der Waals surface area contributed by atoms with Gasteiger partial charge in [-0.25, -0.2) is 0 Å². The SMILES string of the molecule is Cc1nn(C)c(C)c1C(=O)NC1(C)CCNC1. The fourth-order valence-corrected chi connectivity index (χ4v) is 2.36.